The molecule has 8 nitrogen and oxygen atoms in total. The fourth-order valence-electron chi connectivity index (χ4n) is 4.33. The lowest BCUT2D eigenvalue weighted by Crippen LogP contribution is -2.56. The van der Waals surface area contributed by atoms with Crippen LogP contribution in [-0.4, -0.2) is 65.5 Å². The summed E-state index contributed by atoms with van der Waals surface area (Å²) in [7, 11) is 3.22. The number of hydrogen-bond donors (Lipinski definition) is 2. The second kappa shape index (κ2) is 7.99. The molecule has 10 heteroatoms. The van der Waals surface area contributed by atoms with Gasteiger partial charge < -0.3 is 29.5 Å². The van der Waals surface area contributed by atoms with Gasteiger partial charge in [-0.25, -0.2) is 9.18 Å². The maximum Gasteiger partial charge on any atom is 0.341 e. The highest BCUT2D eigenvalue weighted by atomic mass is 32.1. The fraction of sp³-hybridized carbons (Fsp3) is 0.476. The molecule has 2 heterocycles. The van der Waals surface area contributed by atoms with Crippen LogP contribution in [-0.2, 0) is 0 Å². The summed E-state index contributed by atoms with van der Waals surface area (Å²) in [6.07, 6.45) is 3.09. The van der Waals surface area contributed by atoms with E-state index in [1.54, 1.807) is 11.6 Å². The third-order valence-corrected chi connectivity index (χ3v) is 6.43. The van der Waals surface area contributed by atoms with Crippen molar-refractivity contribution < 1.29 is 19.0 Å². The van der Waals surface area contributed by atoms with Gasteiger partial charge in [-0.1, -0.05) is 0 Å². The standard InChI is InChI=1S/C21H25FN4O4S/c1-11-9-24(6-7-25(11)21(31)23-2)17-15(22)8-13-16(19(17)30-3)26(12-4-5-12)10-14(18(13)27)20(28)29/h8,10-12H,4-7,9H2,1-3H3,(H,23,31)(H,28,29)/t11-/m1/s1. The van der Waals surface area contributed by atoms with Crippen LogP contribution in [0, 0.1) is 5.82 Å². The van der Waals surface area contributed by atoms with Crippen molar-refractivity contribution in [3.05, 3.63) is 33.9 Å². The highest BCUT2D eigenvalue weighted by molar-refractivity contribution is 7.80. The topological polar surface area (TPSA) is 87.0 Å². The monoisotopic (exact) mass is 448 g/mol. The van der Waals surface area contributed by atoms with E-state index in [9.17, 15) is 14.7 Å². The molecule has 1 aromatic carbocycles. The van der Waals surface area contributed by atoms with Gasteiger partial charge in [0.05, 0.1) is 18.0 Å². The maximum atomic E-state index is 15.4. The molecule has 2 fully saturated rings. The van der Waals surface area contributed by atoms with E-state index in [2.05, 4.69) is 10.2 Å². The summed E-state index contributed by atoms with van der Waals surface area (Å²) >= 11 is 5.36. The average molecular weight is 449 g/mol. The third-order valence-electron chi connectivity index (χ3n) is 5.99. The zero-order valence-electron chi connectivity index (χ0n) is 17.6. The highest BCUT2D eigenvalue weighted by Crippen LogP contribution is 2.44. The first-order valence-corrected chi connectivity index (χ1v) is 10.6. The van der Waals surface area contributed by atoms with Crippen molar-refractivity contribution in [3.63, 3.8) is 0 Å². The fourth-order valence-corrected chi connectivity index (χ4v) is 4.60. The average Bonchev–Trinajstić information content (AvgIpc) is 3.57. The molecule has 2 aromatic rings. The van der Waals surface area contributed by atoms with E-state index >= 15 is 4.39 Å². The van der Waals surface area contributed by atoms with Crippen LogP contribution in [0.2, 0.25) is 0 Å². The Morgan fingerprint density at radius 2 is 2.06 bits per heavy atom. The number of aromatic nitrogens is 1. The van der Waals surface area contributed by atoms with Gasteiger partial charge in [0.2, 0.25) is 5.43 Å². The van der Waals surface area contributed by atoms with Crippen molar-refractivity contribution in [1.29, 1.82) is 0 Å². The highest BCUT2D eigenvalue weighted by Gasteiger charge is 2.33. The molecule has 2 aliphatic rings. The van der Waals surface area contributed by atoms with E-state index in [4.69, 9.17) is 17.0 Å². The number of carbonyl (C=O) groups is 1. The number of fused-ring (bicyclic) bond motifs is 1. The summed E-state index contributed by atoms with van der Waals surface area (Å²) < 4.78 is 22.8. The number of halogens is 1. The number of pyridine rings is 1. The summed E-state index contributed by atoms with van der Waals surface area (Å²) in [5.41, 5.74) is -0.344. The maximum absolute atomic E-state index is 15.4. The number of carboxylic acid groups (broad SMARTS) is 1. The van der Waals surface area contributed by atoms with Crippen LogP contribution in [0.3, 0.4) is 0 Å². The third kappa shape index (κ3) is 3.58. The van der Waals surface area contributed by atoms with Gasteiger partial charge in [0, 0.05) is 45.0 Å². The predicted octanol–water partition coefficient (Wildman–Crippen LogP) is 2.20. The Morgan fingerprint density at radius 1 is 1.35 bits per heavy atom. The van der Waals surface area contributed by atoms with E-state index in [1.807, 2.05) is 11.8 Å². The molecule has 0 unspecified atom stereocenters. The number of benzene rings is 1. The van der Waals surface area contributed by atoms with Gasteiger partial charge in [-0.05, 0) is 38.0 Å². The van der Waals surface area contributed by atoms with Gasteiger partial charge in [0.15, 0.2) is 16.7 Å². The summed E-state index contributed by atoms with van der Waals surface area (Å²) in [5.74, 6) is -1.67. The SMILES string of the molecule is CNC(=S)N1CCN(c2c(F)cc3c(=O)c(C(=O)O)cn(C4CC4)c3c2OC)C[C@H]1C. The molecule has 2 N–H and O–H groups in total. The van der Waals surface area contributed by atoms with Crippen LogP contribution in [0.1, 0.15) is 36.2 Å². The van der Waals surface area contributed by atoms with Crippen LogP contribution in [0.15, 0.2) is 17.1 Å². The second-order valence-corrected chi connectivity index (χ2v) is 8.38. The van der Waals surface area contributed by atoms with Gasteiger partial charge in [-0.3, -0.25) is 4.79 Å². The number of hydrogen-bond acceptors (Lipinski definition) is 5. The molecule has 31 heavy (non-hydrogen) atoms. The lowest BCUT2D eigenvalue weighted by atomic mass is 10.1. The van der Waals surface area contributed by atoms with Crippen molar-refractivity contribution in [3.8, 4) is 5.75 Å². The first-order chi connectivity index (χ1) is 14.8. The molecule has 1 atom stereocenters. The van der Waals surface area contributed by atoms with Crippen LogP contribution < -0.4 is 20.4 Å². The molecule has 0 bridgehead atoms. The summed E-state index contributed by atoms with van der Waals surface area (Å²) in [6, 6.07) is 1.25. The number of anilines is 1. The molecule has 1 aliphatic heterocycles. The number of piperazine rings is 1. The molecule has 1 saturated carbocycles. The number of carboxylic acids is 1. The number of rotatable bonds is 4. The molecule has 166 valence electrons. The van der Waals surface area contributed by atoms with Gasteiger partial charge in [-0.2, -0.15) is 0 Å². The normalized spacial score (nSPS) is 18.9. The van der Waals surface area contributed by atoms with Crippen molar-refractivity contribution in [2.24, 2.45) is 0 Å². The Bertz CT molecular complexity index is 1130. The van der Waals surface area contributed by atoms with E-state index in [0.717, 1.165) is 18.9 Å². The van der Waals surface area contributed by atoms with Crippen LogP contribution in [0.5, 0.6) is 5.75 Å². The van der Waals surface area contributed by atoms with Crippen molar-refractivity contribution in [2.75, 3.05) is 38.7 Å². The van der Waals surface area contributed by atoms with E-state index < -0.39 is 17.2 Å². The van der Waals surface area contributed by atoms with Gasteiger partial charge in [0.1, 0.15) is 11.3 Å². The lowest BCUT2D eigenvalue weighted by molar-refractivity contribution is 0.0695. The Kier molecular flexibility index (Phi) is 5.50. The zero-order chi connectivity index (χ0) is 22.4. The second-order valence-electron chi connectivity index (χ2n) is 8.00. The number of methoxy groups -OCH3 is 1. The minimum absolute atomic E-state index is 0.0212. The first kappa shape index (κ1) is 21.4. The molecule has 1 aromatic heterocycles. The van der Waals surface area contributed by atoms with Crippen LogP contribution in [0.4, 0.5) is 10.1 Å². The number of ether oxygens (including phenoxy) is 1. The van der Waals surface area contributed by atoms with Crippen molar-refractivity contribution in [2.45, 2.75) is 31.8 Å². The van der Waals surface area contributed by atoms with Crippen molar-refractivity contribution in [1.82, 2.24) is 14.8 Å². The zero-order valence-corrected chi connectivity index (χ0v) is 18.5. The van der Waals surface area contributed by atoms with Crippen LogP contribution >= 0.6 is 12.2 Å². The van der Waals surface area contributed by atoms with Gasteiger partial charge >= 0.3 is 5.97 Å². The molecule has 0 radical (unpaired) electrons. The molecule has 1 aliphatic carbocycles. The number of nitrogens with one attached hydrogen (secondary N) is 1. The Morgan fingerprint density at radius 3 is 2.61 bits per heavy atom. The van der Waals surface area contributed by atoms with Crippen LogP contribution in [0.25, 0.3) is 10.9 Å². The molecule has 1 saturated heterocycles. The predicted molar refractivity (Wildman–Crippen MR) is 120 cm³/mol. The summed E-state index contributed by atoms with van der Waals surface area (Å²) in [6.45, 7) is 3.66. The molecule has 0 amide bonds. The first-order valence-electron chi connectivity index (χ1n) is 10.2. The van der Waals surface area contributed by atoms with E-state index in [0.29, 0.717) is 30.3 Å². The number of nitrogens with zero attached hydrogens (tertiary/aromatic N) is 3. The Hall–Kier alpha value is -2.88. The van der Waals surface area contributed by atoms with Crippen molar-refractivity contribution >= 4 is 39.9 Å². The number of thiocarbonyl (C=S) groups is 1. The minimum atomic E-state index is -1.32. The molecule has 4 rings (SSSR count). The van der Waals surface area contributed by atoms with E-state index in [-0.39, 0.29) is 34.5 Å². The molecular formula is C21H25FN4O4S. The quantitative estimate of drug-likeness (QED) is 0.689. The Labute approximate surface area is 184 Å². The summed E-state index contributed by atoms with van der Waals surface area (Å²) in [4.78, 5) is 28.4. The van der Waals surface area contributed by atoms with E-state index in [1.165, 1.54) is 13.3 Å². The van der Waals surface area contributed by atoms with Gasteiger partial charge in [0.25, 0.3) is 0 Å². The largest absolute Gasteiger partial charge is 0.492 e. The lowest BCUT2D eigenvalue weighted by Gasteiger charge is -2.42. The smallest absolute Gasteiger partial charge is 0.341 e. The molecular weight excluding hydrogens is 423 g/mol. The van der Waals surface area contributed by atoms with Gasteiger partial charge in [-0.15, -0.1) is 0 Å². The summed E-state index contributed by atoms with van der Waals surface area (Å²) in [5, 5.41) is 13.1. The molecule has 0 spiro atoms. The Balaban J connectivity index is 1.88. The number of aromatic carboxylic acids is 1. The minimum Gasteiger partial charge on any atom is -0.492 e.